The summed E-state index contributed by atoms with van der Waals surface area (Å²) in [6.07, 6.45) is 3.87. The first kappa shape index (κ1) is 12.0. The van der Waals surface area contributed by atoms with Crippen molar-refractivity contribution in [1.82, 2.24) is 5.32 Å². The Morgan fingerprint density at radius 3 is 2.88 bits per heavy atom. The van der Waals surface area contributed by atoms with Crippen molar-refractivity contribution in [2.24, 2.45) is 0 Å². The van der Waals surface area contributed by atoms with E-state index in [1.807, 2.05) is 0 Å². The Morgan fingerprint density at radius 2 is 2.06 bits per heavy atom. The fourth-order valence-corrected chi connectivity index (χ4v) is 3.35. The first-order valence-corrected chi connectivity index (χ1v) is 6.72. The summed E-state index contributed by atoms with van der Waals surface area (Å²) in [6.45, 7) is 0.390. The van der Waals surface area contributed by atoms with Crippen LogP contribution in [-0.2, 0) is 19.4 Å². The van der Waals surface area contributed by atoms with Gasteiger partial charge in [0.1, 0.15) is 0 Å². The van der Waals surface area contributed by atoms with E-state index in [0.717, 1.165) is 6.42 Å². The Balaban J connectivity index is 1.96. The summed E-state index contributed by atoms with van der Waals surface area (Å²) in [5.74, 6) is 0. The zero-order valence-electron chi connectivity index (χ0n) is 9.27. The normalized spacial score (nSPS) is 16.2. The van der Waals surface area contributed by atoms with Crippen LogP contribution in [0, 0.1) is 0 Å². The van der Waals surface area contributed by atoms with Crippen molar-refractivity contribution in [3.05, 3.63) is 21.4 Å². The molecule has 1 aromatic rings. The zero-order chi connectivity index (χ0) is 11.4. The molecule has 0 fully saturated rings. The predicted octanol–water partition coefficient (Wildman–Crippen LogP) is 3.37. The van der Waals surface area contributed by atoms with Gasteiger partial charge in [-0.25, -0.2) is 8.78 Å². The van der Waals surface area contributed by atoms with Gasteiger partial charge in [0.05, 0.1) is 6.54 Å². The van der Waals surface area contributed by atoms with Crippen LogP contribution in [-0.4, -0.2) is 13.0 Å². The minimum atomic E-state index is -2.25. The molecule has 0 aliphatic heterocycles. The highest BCUT2D eigenvalue weighted by Gasteiger charge is 2.14. The SMILES string of the molecule is FC(F)CNCc1csc2c1CCCCC2. The molecular weight excluding hydrogens is 228 g/mol. The zero-order valence-corrected chi connectivity index (χ0v) is 10.1. The number of halogens is 2. The van der Waals surface area contributed by atoms with Crippen LogP contribution in [0.5, 0.6) is 0 Å². The van der Waals surface area contributed by atoms with Crippen LogP contribution in [0.3, 0.4) is 0 Å². The maximum Gasteiger partial charge on any atom is 0.250 e. The molecule has 0 radical (unpaired) electrons. The molecule has 0 amide bonds. The van der Waals surface area contributed by atoms with Crippen molar-refractivity contribution >= 4 is 11.3 Å². The summed E-state index contributed by atoms with van der Waals surface area (Å²) in [6, 6.07) is 0. The average molecular weight is 245 g/mol. The maximum absolute atomic E-state index is 12.0. The summed E-state index contributed by atoms with van der Waals surface area (Å²) in [7, 11) is 0. The molecule has 0 spiro atoms. The van der Waals surface area contributed by atoms with Gasteiger partial charge in [-0.2, -0.15) is 0 Å². The Morgan fingerprint density at radius 1 is 1.25 bits per heavy atom. The maximum atomic E-state index is 12.0. The lowest BCUT2D eigenvalue weighted by Crippen LogP contribution is -2.20. The molecule has 0 saturated heterocycles. The van der Waals surface area contributed by atoms with E-state index in [-0.39, 0.29) is 6.54 Å². The monoisotopic (exact) mass is 245 g/mol. The molecule has 1 heterocycles. The lowest BCUT2D eigenvalue weighted by atomic mass is 10.1. The van der Waals surface area contributed by atoms with Gasteiger partial charge in [-0.05, 0) is 42.2 Å². The predicted molar refractivity (Wildman–Crippen MR) is 63.3 cm³/mol. The summed E-state index contributed by atoms with van der Waals surface area (Å²) < 4.78 is 24.0. The molecule has 0 atom stereocenters. The second kappa shape index (κ2) is 5.73. The van der Waals surface area contributed by atoms with Gasteiger partial charge in [0.15, 0.2) is 0 Å². The number of thiophene rings is 1. The third-order valence-electron chi connectivity index (χ3n) is 3.01. The van der Waals surface area contributed by atoms with Gasteiger partial charge in [-0.15, -0.1) is 11.3 Å². The molecule has 1 aromatic heterocycles. The van der Waals surface area contributed by atoms with E-state index < -0.39 is 6.43 Å². The lowest BCUT2D eigenvalue weighted by molar-refractivity contribution is 0.145. The number of hydrogen-bond acceptors (Lipinski definition) is 2. The average Bonchev–Trinajstić information content (AvgIpc) is 2.49. The molecule has 1 aliphatic carbocycles. The van der Waals surface area contributed by atoms with Crippen molar-refractivity contribution in [3.63, 3.8) is 0 Å². The topological polar surface area (TPSA) is 12.0 Å². The molecule has 1 N–H and O–H groups in total. The second-order valence-corrected chi connectivity index (χ2v) is 5.21. The molecule has 0 bridgehead atoms. The van der Waals surface area contributed by atoms with Crippen LogP contribution < -0.4 is 5.32 Å². The summed E-state index contributed by atoms with van der Waals surface area (Å²) in [4.78, 5) is 1.48. The summed E-state index contributed by atoms with van der Waals surface area (Å²) in [5, 5.41) is 4.95. The van der Waals surface area contributed by atoms with Crippen LogP contribution in [0.4, 0.5) is 8.78 Å². The fourth-order valence-electron chi connectivity index (χ4n) is 2.20. The van der Waals surface area contributed by atoms with Crippen LogP contribution in [0.1, 0.15) is 35.3 Å². The first-order valence-electron chi connectivity index (χ1n) is 5.84. The van der Waals surface area contributed by atoms with Gasteiger partial charge in [-0.3, -0.25) is 0 Å². The molecule has 0 saturated carbocycles. The Bertz CT molecular complexity index is 336. The number of aryl methyl sites for hydroxylation is 1. The van der Waals surface area contributed by atoms with Crippen LogP contribution in [0.25, 0.3) is 0 Å². The van der Waals surface area contributed by atoms with Gasteiger partial charge >= 0.3 is 0 Å². The molecule has 90 valence electrons. The number of alkyl halides is 2. The van der Waals surface area contributed by atoms with Crippen molar-refractivity contribution in [1.29, 1.82) is 0 Å². The standard InChI is InChI=1S/C12H17F2NS/c13-12(14)7-15-6-9-8-16-11-5-3-1-2-4-10(9)11/h8,12,15H,1-7H2. The fraction of sp³-hybridized carbons (Fsp3) is 0.667. The molecule has 1 nitrogen and oxygen atoms in total. The van der Waals surface area contributed by atoms with E-state index in [4.69, 9.17) is 0 Å². The van der Waals surface area contributed by atoms with Crippen molar-refractivity contribution < 1.29 is 8.78 Å². The minimum absolute atomic E-state index is 0.204. The number of rotatable bonds is 4. The van der Waals surface area contributed by atoms with Gasteiger partial charge in [-0.1, -0.05) is 6.42 Å². The number of fused-ring (bicyclic) bond motifs is 1. The highest BCUT2D eigenvalue weighted by Crippen LogP contribution is 2.29. The third-order valence-corrected chi connectivity index (χ3v) is 4.15. The van der Waals surface area contributed by atoms with Crippen molar-refractivity contribution in [3.8, 4) is 0 Å². The molecule has 1 aliphatic rings. The van der Waals surface area contributed by atoms with Crippen LogP contribution >= 0.6 is 11.3 Å². The van der Waals surface area contributed by atoms with E-state index >= 15 is 0 Å². The quantitative estimate of drug-likeness (QED) is 0.802. The first-order chi connectivity index (χ1) is 7.77. The number of hydrogen-bond donors (Lipinski definition) is 1. The highest BCUT2D eigenvalue weighted by molar-refractivity contribution is 7.10. The highest BCUT2D eigenvalue weighted by atomic mass is 32.1. The van der Waals surface area contributed by atoms with Crippen LogP contribution in [0.15, 0.2) is 5.38 Å². The van der Waals surface area contributed by atoms with E-state index in [1.54, 1.807) is 11.3 Å². The summed E-state index contributed by atoms with van der Waals surface area (Å²) in [5.41, 5.74) is 2.67. The van der Waals surface area contributed by atoms with E-state index in [2.05, 4.69) is 10.7 Å². The second-order valence-electron chi connectivity index (χ2n) is 4.25. The molecule has 0 unspecified atom stereocenters. The molecule has 0 aromatic carbocycles. The number of nitrogens with one attached hydrogen (secondary N) is 1. The van der Waals surface area contributed by atoms with Crippen molar-refractivity contribution in [2.45, 2.75) is 45.1 Å². The van der Waals surface area contributed by atoms with Crippen LogP contribution in [0.2, 0.25) is 0 Å². The van der Waals surface area contributed by atoms with Gasteiger partial charge in [0.2, 0.25) is 0 Å². The smallest absolute Gasteiger partial charge is 0.250 e. The molecule has 2 rings (SSSR count). The Hall–Kier alpha value is -0.480. The molecular formula is C12H17F2NS. The largest absolute Gasteiger partial charge is 0.307 e. The summed E-state index contributed by atoms with van der Waals surface area (Å²) >= 11 is 1.80. The van der Waals surface area contributed by atoms with Gasteiger partial charge in [0.25, 0.3) is 6.43 Å². The lowest BCUT2D eigenvalue weighted by Gasteiger charge is -2.06. The minimum Gasteiger partial charge on any atom is -0.307 e. The van der Waals surface area contributed by atoms with Gasteiger partial charge < -0.3 is 5.32 Å². The van der Waals surface area contributed by atoms with Crippen molar-refractivity contribution in [2.75, 3.05) is 6.54 Å². The van der Waals surface area contributed by atoms with E-state index in [9.17, 15) is 8.78 Å². The third kappa shape index (κ3) is 3.01. The van der Waals surface area contributed by atoms with Gasteiger partial charge in [0, 0.05) is 11.4 Å². The molecule has 16 heavy (non-hydrogen) atoms. The molecule has 4 heteroatoms. The van der Waals surface area contributed by atoms with E-state index in [1.165, 1.54) is 41.7 Å². The van der Waals surface area contributed by atoms with E-state index in [0.29, 0.717) is 6.54 Å². The Kier molecular flexibility index (Phi) is 4.29. The Labute approximate surface area is 98.9 Å².